The monoisotopic (exact) mass is 478 g/mol. The lowest BCUT2D eigenvalue weighted by Gasteiger charge is -2.09. The average molecular weight is 478 g/mol. The molecule has 0 atom stereocenters. The summed E-state index contributed by atoms with van der Waals surface area (Å²) >= 11 is 0. The summed E-state index contributed by atoms with van der Waals surface area (Å²) in [4.78, 5) is 0. The molecular formula is C29H19F5O. The van der Waals surface area contributed by atoms with E-state index in [-0.39, 0.29) is 35.1 Å². The number of fused-ring (bicyclic) bond motifs is 1. The summed E-state index contributed by atoms with van der Waals surface area (Å²) in [6.07, 6.45) is 2.09. The maximum absolute atomic E-state index is 14.3. The van der Waals surface area contributed by atoms with Gasteiger partial charge >= 0.3 is 0 Å². The number of aryl methyl sites for hydroxylation is 1. The van der Waals surface area contributed by atoms with Gasteiger partial charge in [-0.2, -0.15) is 0 Å². The standard InChI is InChI=1S/C29H19F5O/c1-2-13-35-22-16-25(30)24(26(31)17-22)12-9-19-5-3-18(4-6-19)7-8-20-10-11-23-21(14-20)15-27(32)29(34)28(23)33/h2-6,10-11,14-17H,1,9,12-13H2. The van der Waals surface area contributed by atoms with Crippen LogP contribution in [0.15, 0.2) is 73.3 Å². The molecule has 0 aliphatic carbocycles. The van der Waals surface area contributed by atoms with Crippen LogP contribution in [0.3, 0.4) is 0 Å². The van der Waals surface area contributed by atoms with Crippen LogP contribution in [0.4, 0.5) is 22.0 Å². The first kappa shape index (κ1) is 24.0. The fourth-order valence-corrected chi connectivity index (χ4v) is 3.61. The van der Waals surface area contributed by atoms with E-state index in [2.05, 4.69) is 18.4 Å². The van der Waals surface area contributed by atoms with Gasteiger partial charge < -0.3 is 4.74 Å². The molecule has 4 aromatic rings. The number of hydrogen-bond donors (Lipinski definition) is 0. The largest absolute Gasteiger partial charge is 0.489 e. The molecule has 176 valence electrons. The summed E-state index contributed by atoms with van der Waals surface area (Å²) in [5.74, 6) is 0.665. The van der Waals surface area contributed by atoms with Crippen LogP contribution in [0.25, 0.3) is 10.8 Å². The zero-order valence-corrected chi connectivity index (χ0v) is 18.5. The van der Waals surface area contributed by atoms with Crippen LogP contribution in [0.1, 0.15) is 22.3 Å². The van der Waals surface area contributed by atoms with Crippen molar-refractivity contribution in [2.75, 3.05) is 6.61 Å². The van der Waals surface area contributed by atoms with Gasteiger partial charge in [-0.15, -0.1) is 0 Å². The summed E-state index contributed by atoms with van der Waals surface area (Å²) in [7, 11) is 0. The topological polar surface area (TPSA) is 9.23 Å². The molecule has 4 aromatic carbocycles. The zero-order valence-electron chi connectivity index (χ0n) is 18.5. The molecule has 1 nitrogen and oxygen atoms in total. The van der Waals surface area contributed by atoms with Gasteiger partial charge in [0.2, 0.25) is 0 Å². The average Bonchev–Trinajstić information content (AvgIpc) is 2.85. The van der Waals surface area contributed by atoms with E-state index in [1.807, 2.05) is 12.1 Å². The van der Waals surface area contributed by atoms with Crippen LogP contribution >= 0.6 is 0 Å². The Morgan fingerprint density at radius 3 is 2.06 bits per heavy atom. The maximum Gasteiger partial charge on any atom is 0.195 e. The molecule has 0 radical (unpaired) electrons. The minimum Gasteiger partial charge on any atom is -0.489 e. The number of rotatable bonds is 6. The molecule has 0 aliphatic heterocycles. The van der Waals surface area contributed by atoms with Crippen molar-refractivity contribution in [1.82, 2.24) is 0 Å². The van der Waals surface area contributed by atoms with Crippen molar-refractivity contribution >= 4 is 10.8 Å². The lowest BCUT2D eigenvalue weighted by atomic mass is 10.0. The molecule has 0 aliphatic rings. The Morgan fingerprint density at radius 2 is 1.37 bits per heavy atom. The van der Waals surface area contributed by atoms with E-state index in [9.17, 15) is 22.0 Å². The van der Waals surface area contributed by atoms with Gasteiger partial charge in [0.05, 0.1) is 0 Å². The lowest BCUT2D eigenvalue weighted by Crippen LogP contribution is -2.01. The predicted molar refractivity (Wildman–Crippen MR) is 126 cm³/mol. The summed E-state index contributed by atoms with van der Waals surface area (Å²) in [5.41, 5.74) is 2.06. The molecule has 0 amide bonds. The van der Waals surface area contributed by atoms with Gasteiger partial charge in [0.25, 0.3) is 0 Å². The van der Waals surface area contributed by atoms with Crippen molar-refractivity contribution in [3.05, 3.63) is 125 Å². The summed E-state index contributed by atoms with van der Waals surface area (Å²) in [6.45, 7) is 3.65. The number of benzene rings is 4. The van der Waals surface area contributed by atoms with Crippen molar-refractivity contribution < 1.29 is 26.7 Å². The molecule has 0 heterocycles. The Morgan fingerprint density at radius 1 is 0.714 bits per heavy atom. The van der Waals surface area contributed by atoms with Crippen LogP contribution < -0.4 is 4.74 Å². The second-order valence-electron chi connectivity index (χ2n) is 7.83. The van der Waals surface area contributed by atoms with Gasteiger partial charge in [0.15, 0.2) is 17.5 Å². The summed E-state index contributed by atoms with van der Waals surface area (Å²) in [6, 6.07) is 14.8. The molecule has 0 bridgehead atoms. The van der Waals surface area contributed by atoms with Gasteiger partial charge in [0, 0.05) is 34.2 Å². The fraction of sp³-hybridized carbons (Fsp3) is 0.103. The Labute approximate surface area is 199 Å². The minimum atomic E-state index is -1.50. The smallest absolute Gasteiger partial charge is 0.195 e. The molecule has 0 saturated heterocycles. The Kier molecular flexibility index (Phi) is 7.17. The van der Waals surface area contributed by atoms with Crippen LogP contribution in [-0.4, -0.2) is 6.61 Å². The molecule has 0 unspecified atom stereocenters. The molecule has 35 heavy (non-hydrogen) atoms. The lowest BCUT2D eigenvalue weighted by molar-refractivity contribution is 0.357. The second-order valence-corrected chi connectivity index (χ2v) is 7.83. The van der Waals surface area contributed by atoms with E-state index in [1.54, 1.807) is 12.1 Å². The van der Waals surface area contributed by atoms with Crippen molar-refractivity contribution in [2.45, 2.75) is 12.8 Å². The fourth-order valence-electron chi connectivity index (χ4n) is 3.61. The first-order valence-electron chi connectivity index (χ1n) is 10.8. The molecule has 0 N–H and O–H groups in total. The van der Waals surface area contributed by atoms with E-state index in [1.165, 1.54) is 24.3 Å². The third kappa shape index (κ3) is 5.52. The van der Waals surface area contributed by atoms with Crippen molar-refractivity contribution in [2.24, 2.45) is 0 Å². The second kappa shape index (κ2) is 10.4. The van der Waals surface area contributed by atoms with Crippen LogP contribution in [-0.2, 0) is 12.8 Å². The highest BCUT2D eigenvalue weighted by atomic mass is 19.2. The quantitative estimate of drug-likeness (QED) is 0.122. The SMILES string of the molecule is C=CCOc1cc(F)c(CCc2ccc(C#Cc3ccc4c(F)c(F)c(F)cc4c3)cc2)c(F)c1. The van der Waals surface area contributed by atoms with E-state index >= 15 is 0 Å². The van der Waals surface area contributed by atoms with E-state index in [0.29, 0.717) is 17.5 Å². The van der Waals surface area contributed by atoms with E-state index < -0.39 is 29.1 Å². The third-order valence-electron chi connectivity index (χ3n) is 5.42. The molecule has 0 aromatic heterocycles. The third-order valence-corrected chi connectivity index (χ3v) is 5.42. The number of hydrogen-bond acceptors (Lipinski definition) is 1. The van der Waals surface area contributed by atoms with E-state index in [0.717, 1.165) is 23.8 Å². The molecule has 0 spiro atoms. The Balaban J connectivity index is 1.44. The first-order valence-corrected chi connectivity index (χ1v) is 10.8. The van der Waals surface area contributed by atoms with Gasteiger partial charge in [0.1, 0.15) is 24.0 Å². The minimum absolute atomic E-state index is 0.0103. The van der Waals surface area contributed by atoms with Gasteiger partial charge in [-0.05, 0) is 54.1 Å². The Hall–Kier alpha value is -4.11. The van der Waals surface area contributed by atoms with Gasteiger partial charge in [-0.25, -0.2) is 22.0 Å². The highest BCUT2D eigenvalue weighted by Gasteiger charge is 2.14. The predicted octanol–water partition coefficient (Wildman–Crippen LogP) is 7.29. The van der Waals surface area contributed by atoms with Crippen molar-refractivity contribution in [1.29, 1.82) is 0 Å². The van der Waals surface area contributed by atoms with Crippen LogP contribution in [0.2, 0.25) is 0 Å². The summed E-state index contributed by atoms with van der Waals surface area (Å²) < 4.78 is 74.5. The molecular weight excluding hydrogens is 459 g/mol. The highest BCUT2D eigenvalue weighted by molar-refractivity contribution is 5.84. The van der Waals surface area contributed by atoms with Crippen LogP contribution in [0.5, 0.6) is 5.75 Å². The normalized spacial score (nSPS) is 10.7. The number of halogens is 5. The zero-order chi connectivity index (χ0) is 24.9. The maximum atomic E-state index is 14.3. The van der Waals surface area contributed by atoms with Crippen LogP contribution in [0, 0.1) is 40.9 Å². The number of ether oxygens (including phenoxy) is 1. The summed E-state index contributed by atoms with van der Waals surface area (Å²) in [5, 5.41) is 0.189. The molecule has 0 saturated carbocycles. The Bertz CT molecular complexity index is 1440. The van der Waals surface area contributed by atoms with Crippen molar-refractivity contribution in [3.63, 3.8) is 0 Å². The van der Waals surface area contributed by atoms with E-state index in [4.69, 9.17) is 4.74 Å². The van der Waals surface area contributed by atoms with Gasteiger partial charge in [-0.1, -0.05) is 42.7 Å². The van der Waals surface area contributed by atoms with Gasteiger partial charge in [-0.3, -0.25) is 0 Å². The van der Waals surface area contributed by atoms with Crippen molar-refractivity contribution in [3.8, 4) is 17.6 Å². The highest BCUT2D eigenvalue weighted by Crippen LogP contribution is 2.24. The first-order chi connectivity index (χ1) is 16.9. The molecule has 6 heteroatoms. The molecule has 0 fully saturated rings. The molecule has 4 rings (SSSR count).